The minimum Gasteiger partial charge on any atom is -0.370 e. The second-order valence-electron chi connectivity index (χ2n) is 5.92. The van der Waals surface area contributed by atoms with E-state index in [-0.39, 0.29) is 29.9 Å². The lowest BCUT2D eigenvalue weighted by atomic mass is 9.95. The van der Waals surface area contributed by atoms with E-state index < -0.39 is 0 Å². The van der Waals surface area contributed by atoms with Gasteiger partial charge in [0.15, 0.2) is 5.96 Å². The van der Waals surface area contributed by atoms with Gasteiger partial charge in [0.25, 0.3) is 0 Å². The van der Waals surface area contributed by atoms with Gasteiger partial charge in [0.2, 0.25) is 5.91 Å². The van der Waals surface area contributed by atoms with Crippen LogP contribution in [0.1, 0.15) is 31.7 Å². The normalized spacial score (nSPS) is 18.0. The molecule has 0 saturated carbocycles. The molecule has 5 nitrogen and oxygen atoms in total. The first-order chi connectivity index (χ1) is 11.1. The lowest BCUT2D eigenvalue weighted by Gasteiger charge is -2.34. The van der Waals surface area contributed by atoms with Crippen molar-refractivity contribution >= 4 is 51.8 Å². The van der Waals surface area contributed by atoms with Gasteiger partial charge >= 0.3 is 0 Å². The van der Waals surface area contributed by atoms with Crippen molar-refractivity contribution in [3.63, 3.8) is 0 Å². The molecule has 1 aliphatic rings. The molecule has 1 saturated heterocycles. The van der Waals surface area contributed by atoms with E-state index in [4.69, 9.17) is 10.7 Å². The number of nitrogens with two attached hydrogens (primary N) is 1. The number of likely N-dealkylation sites (tertiary alicyclic amines) is 1. The molecule has 0 spiro atoms. The number of carbonyl (C=O) groups is 1. The monoisotopic (exact) mass is 508 g/mol. The second-order valence-corrected chi connectivity index (χ2v) is 6.84. The fourth-order valence-corrected chi connectivity index (χ4v) is 3.15. The van der Waals surface area contributed by atoms with Crippen molar-refractivity contribution < 1.29 is 4.79 Å². The van der Waals surface area contributed by atoms with Crippen molar-refractivity contribution in [3.05, 3.63) is 34.3 Å². The lowest BCUT2D eigenvalue weighted by Crippen LogP contribution is -2.47. The summed E-state index contributed by atoms with van der Waals surface area (Å²) in [6, 6.07) is 8.20. The van der Waals surface area contributed by atoms with Gasteiger partial charge in [-0.05, 0) is 43.4 Å². The van der Waals surface area contributed by atoms with Gasteiger partial charge < -0.3 is 16.0 Å². The van der Waals surface area contributed by atoms with E-state index in [1.807, 2.05) is 12.1 Å². The highest BCUT2D eigenvalue weighted by atomic mass is 127. The number of carbonyl (C=O) groups excluding carboxylic acids is 1. The molecule has 0 aromatic heterocycles. The van der Waals surface area contributed by atoms with Crippen LogP contribution >= 0.6 is 39.9 Å². The summed E-state index contributed by atoms with van der Waals surface area (Å²) >= 11 is 3.44. The van der Waals surface area contributed by atoms with Gasteiger partial charge in [0, 0.05) is 30.5 Å². The van der Waals surface area contributed by atoms with Crippen LogP contribution in [0.25, 0.3) is 0 Å². The third kappa shape index (κ3) is 6.96. The summed E-state index contributed by atoms with van der Waals surface area (Å²) in [5.41, 5.74) is 6.52. The summed E-state index contributed by atoms with van der Waals surface area (Å²) in [6.07, 6.45) is 2.59. The van der Waals surface area contributed by atoms with Crippen LogP contribution in [0.4, 0.5) is 0 Å². The van der Waals surface area contributed by atoms with E-state index in [2.05, 4.69) is 45.2 Å². The Bertz CT molecular complexity index is 550. The average molecular weight is 509 g/mol. The Labute approximate surface area is 169 Å². The maximum Gasteiger partial charge on any atom is 0.217 e. The number of piperidine rings is 1. The number of aliphatic imine (C=N–C) groups is 1. The van der Waals surface area contributed by atoms with Crippen LogP contribution in [0.2, 0.25) is 0 Å². The predicted molar refractivity (Wildman–Crippen MR) is 112 cm³/mol. The molecule has 1 heterocycles. The molecule has 24 heavy (non-hydrogen) atoms. The van der Waals surface area contributed by atoms with Gasteiger partial charge in [-0.3, -0.25) is 4.79 Å². The molecule has 0 bridgehead atoms. The number of primary amides is 1. The third-order valence-electron chi connectivity index (χ3n) is 3.97. The molecule has 1 unspecified atom stereocenters. The minimum atomic E-state index is -0.214. The number of nitrogens with one attached hydrogen (secondary N) is 1. The Balaban J connectivity index is 0.00000288. The topological polar surface area (TPSA) is 70.7 Å². The number of hydrogen-bond acceptors (Lipinski definition) is 2. The first kappa shape index (κ1) is 21.2. The molecule has 134 valence electrons. The number of rotatable bonds is 5. The van der Waals surface area contributed by atoms with E-state index in [9.17, 15) is 4.79 Å². The molecular formula is C17H26BrIN4O. The average Bonchev–Trinajstić information content (AvgIpc) is 2.52. The van der Waals surface area contributed by atoms with Gasteiger partial charge in [-0.15, -0.1) is 24.0 Å². The number of halogens is 2. The van der Waals surface area contributed by atoms with Gasteiger partial charge in [-0.2, -0.15) is 0 Å². The molecule has 1 amide bonds. The maximum atomic E-state index is 11.2. The zero-order valence-corrected chi connectivity index (χ0v) is 17.9. The van der Waals surface area contributed by atoms with Crippen LogP contribution in [0.15, 0.2) is 33.7 Å². The van der Waals surface area contributed by atoms with Crippen LogP contribution in [-0.2, 0) is 11.3 Å². The Morgan fingerprint density at radius 3 is 2.75 bits per heavy atom. The summed E-state index contributed by atoms with van der Waals surface area (Å²) in [4.78, 5) is 18.2. The van der Waals surface area contributed by atoms with Crippen molar-refractivity contribution in [2.75, 3.05) is 19.6 Å². The largest absolute Gasteiger partial charge is 0.370 e. The first-order valence-electron chi connectivity index (χ1n) is 8.14. The van der Waals surface area contributed by atoms with Crippen molar-refractivity contribution in [2.24, 2.45) is 16.6 Å². The molecule has 2 rings (SSSR count). The van der Waals surface area contributed by atoms with E-state index in [0.29, 0.717) is 18.9 Å². The van der Waals surface area contributed by atoms with Gasteiger partial charge in [0.1, 0.15) is 0 Å². The van der Waals surface area contributed by atoms with E-state index in [1.165, 1.54) is 5.56 Å². The molecule has 1 aromatic carbocycles. The number of amides is 1. The zero-order chi connectivity index (χ0) is 16.7. The summed E-state index contributed by atoms with van der Waals surface area (Å²) in [6.45, 7) is 5.36. The third-order valence-corrected chi connectivity index (χ3v) is 4.50. The summed E-state index contributed by atoms with van der Waals surface area (Å²) in [7, 11) is 0. The van der Waals surface area contributed by atoms with Crippen LogP contribution in [0, 0.1) is 5.92 Å². The fourth-order valence-electron chi connectivity index (χ4n) is 2.89. The summed E-state index contributed by atoms with van der Waals surface area (Å²) in [5.74, 6) is 1.04. The number of hydrogen-bond donors (Lipinski definition) is 2. The molecule has 0 aliphatic carbocycles. The molecule has 3 N–H and O–H groups in total. The standard InChI is InChI=1S/C17H25BrN4O.HI/c1-2-20-17(21-11-13-5-7-15(18)8-6-13)22-9-3-4-14(12-22)10-16(19)23;/h5-8,14H,2-4,9-12H2,1H3,(H2,19,23)(H,20,21);1H. The van der Waals surface area contributed by atoms with Crippen LogP contribution < -0.4 is 11.1 Å². The molecule has 0 radical (unpaired) electrons. The molecule has 1 atom stereocenters. The quantitative estimate of drug-likeness (QED) is 0.364. The smallest absolute Gasteiger partial charge is 0.217 e. The predicted octanol–water partition coefficient (Wildman–Crippen LogP) is 3.12. The number of guanidine groups is 1. The highest BCUT2D eigenvalue weighted by molar-refractivity contribution is 14.0. The lowest BCUT2D eigenvalue weighted by molar-refractivity contribution is -0.119. The van der Waals surface area contributed by atoms with Crippen molar-refractivity contribution in [1.82, 2.24) is 10.2 Å². The van der Waals surface area contributed by atoms with Crippen LogP contribution in [0.5, 0.6) is 0 Å². The van der Waals surface area contributed by atoms with Crippen LogP contribution in [0.3, 0.4) is 0 Å². The Morgan fingerprint density at radius 1 is 1.42 bits per heavy atom. The summed E-state index contributed by atoms with van der Waals surface area (Å²) < 4.78 is 1.07. The maximum absolute atomic E-state index is 11.2. The second kappa shape index (κ2) is 10.9. The van der Waals surface area contributed by atoms with Crippen molar-refractivity contribution in [1.29, 1.82) is 0 Å². The molecule has 7 heteroatoms. The zero-order valence-electron chi connectivity index (χ0n) is 14.0. The Kier molecular flexibility index (Phi) is 9.65. The van der Waals surface area contributed by atoms with Gasteiger partial charge in [-0.25, -0.2) is 4.99 Å². The van der Waals surface area contributed by atoms with E-state index >= 15 is 0 Å². The van der Waals surface area contributed by atoms with E-state index in [1.54, 1.807) is 0 Å². The van der Waals surface area contributed by atoms with Gasteiger partial charge in [0.05, 0.1) is 6.54 Å². The molecule has 1 aliphatic heterocycles. The minimum absolute atomic E-state index is 0. The molecular weight excluding hydrogens is 483 g/mol. The number of benzene rings is 1. The fraction of sp³-hybridized carbons (Fsp3) is 0.529. The highest BCUT2D eigenvalue weighted by Crippen LogP contribution is 2.19. The number of nitrogens with zero attached hydrogens (tertiary/aromatic N) is 2. The Morgan fingerprint density at radius 2 is 2.12 bits per heavy atom. The first-order valence-corrected chi connectivity index (χ1v) is 8.93. The summed E-state index contributed by atoms with van der Waals surface area (Å²) in [5, 5.41) is 3.36. The van der Waals surface area contributed by atoms with E-state index in [0.717, 1.165) is 42.9 Å². The SMILES string of the molecule is CCNC(=NCc1ccc(Br)cc1)N1CCCC(CC(N)=O)C1.I. The van der Waals surface area contributed by atoms with Crippen molar-refractivity contribution in [2.45, 2.75) is 32.7 Å². The van der Waals surface area contributed by atoms with Gasteiger partial charge in [-0.1, -0.05) is 28.1 Å². The highest BCUT2D eigenvalue weighted by Gasteiger charge is 2.23. The Hall–Kier alpha value is -0.830. The van der Waals surface area contributed by atoms with Crippen molar-refractivity contribution in [3.8, 4) is 0 Å². The molecule has 1 aromatic rings. The van der Waals surface area contributed by atoms with Crippen LogP contribution in [-0.4, -0.2) is 36.4 Å². The molecule has 1 fully saturated rings.